The molecule has 2 aliphatic heterocycles. The number of hydrogen-bond donors (Lipinski definition) is 1. The Balaban J connectivity index is 2.03. The predicted octanol–water partition coefficient (Wildman–Crippen LogP) is 2.34. The predicted molar refractivity (Wildman–Crippen MR) is 71.9 cm³/mol. The van der Waals surface area contributed by atoms with Gasteiger partial charge in [0.15, 0.2) is 0 Å². The summed E-state index contributed by atoms with van der Waals surface area (Å²) in [4.78, 5) is 13.7. The Kier molecular flexibility index (Phi) is 4.04. The van der Waals surface area contributed by atoms with Crippen LogP contribution in [0.1, 0.15) is 40.0 Å². The number of hydrogen-bond acceptors (Lipinski definition) is 3. The molecule has 2 rings (SSSR count). The molecule has 0 aromatic rings. The maximum absolute atomic E-state index is 14.0. The minimum absolute atomic E-state index is 0.0557. The molecule has 2 saturated heterocycles. The lowest BCUT2D eigenvalue weighted by Gasteiger charge is -2.46. The molecule has 110 valence electrons. The van der Waals surface area contributed by atoms with Gasteiger partial charge in [0.1, 0.15) is 11.8 Å². The molecule has 0 aromatic carbocycles. The molecule has 2 aliphatic rings. The molecule has 2 heterocycles. The van der Waals surface area contributed by atoms with Crippen LogP contribution in [0.2, 0.25) is 0 Å². The molecule has 1 N–H and O–H groups in total. The fourth-order valence-electron chi connectivity index (χ4n) is 3.09. The molecule has 0 bridgehead atoms. The van der Waals surface area contributed by atoms with Gasteiger partial charge in [-0.3, -0.25) is 0 Å². The second-order valence-electron chi connectivity index (χ2n) is 6.91. The van der Waals surface area contributed by atoms with Crippen LogP contribution in [-0.4, -0.2) is 48.9 Å². The first-order valence-corrected chi connectivity index (χ1v) is 7.12. The van der Waals surface area contributed by atoms with E-state index in [4.69, 9.17) is 4.74 Å². The zero-order chi connectivity index (χ0) is 14.1. The van der Waals surface area contributed by atoms with Gasteiger partial charge in [0, 0.05) is 6.54 Å². The van der Waals surface area contributed by atoms with Crippen LogP contribution in [0, 0.1) is 5.41 Å². The van der Waals surface area contributed by atoms with Crippen LogP contribution in [-0.2, 0) is 4.74 Å². The summed E-state index contributed by atoms with van der Waals surface area (Å²) >= 11 is 0. The van der Waals surface area contributed by atoms with E-state index >= 15 is 0 Å². The first kappa shape index (κ1) is 14.6. The number of carbonyl (C=O) groups excluding carboxylic acids is 1. The quantitative estimate of drug-likeness (QED) is 0.736. The van der Waals surface area contributed by atoms with Gasteiger partial charge in [-0.15, -0.1) is 0 Å². The molecule has 0 aromatic heterocycles. The first-order chi connectivity index (χ1) is 8.80. The van der Waals surface area contributed by atoms with Crippen molar-refractivity contribution >= 4 is 6.09 Å². The summed E-state index contributed by atoms with van der Waals surface area (Å²) in [5.74, 6) is 0. The van der Waals surface area contributed by atoms with Crippen molar-refractivity contribution in [3.63, 3.8) is 0 Å². The maximum atomic E-state index is 14.0. The highest BCUT2D eigenvalue weighted by atomic mass is 19.1. The summed E-state index contributed by atoms with van der Waals surface area (Å²) < 4.78 is 19.4. The lowest BCUT2D eigenvalue weighted by molar-refractivity contribution is -0.0215. The lowest BCUT2D eigenvalue weighted by atomic mass is 9.72. The highest BCUT2D eigenvalue weighted by Crippen LogP contribution is 2.39. The number of alkyl halides is 1. The van der Waals surface area contributed by atoms with Crippen molar-refractivity contribution in [3.05, 3.63) is 0 Å². The van der Waals surface area contributed by atoms with Crippen molar-refractivity contribution in [1.82, 2.24) is 10.2 Å². The minimum Gasteiger partial charge on any atom is -0.444 e. The summed E-state index contributed by atoms with van der Waals surface area (Å²) in [5.41, 5.74) is -0.582. The molecule has 2 fully saturated rings. The Bertz CT molecular complexity index is 335. The molecule has 1 spiro atoms. The van der Waals surface area contributed by atoms with Gasteiger partial charge in [0.25, 0.3) is 0 Å². The van der Waals surface area contributed by atoms with E-state index in [1.807, 2.05) is 20.8 Å². The molecule has 1 amide bonds. The van der Waals surface area contributed by atoms with Gasteiger partial charge in [-0.05, 0) is 58.5 Å². The normalized spacial score (nSPS) is 27.4. The topological polar surface area (TPSA) is 41.6 Å². The highest BCUT2D eigenvalue weighted by molar-refractivity contribution is 5.68. The van der Waals surface area contributed by atoms with E-state index in [2.05, 4.69) is 5.32 Å². The third kappa shape index (κ3) is 3.81. The van der Waals surface area contributed by atoms with Crippen LogP contribution in [0.5, 0.6) is 0 Å². The van der Waals surface area contributed by atoms with Gasteiger partial charge in [0.2, 0.25) is 0 Å². The second kappa shape index (κ2) is 5.27. The van der Waals surface area contributed by atoms with Gasteiger partial charge < -0.3 is 15.0 Å². The number of ether oxygens (including phenoxy) is 1. The minimum atomic E-state index is -0.931. The second-order valence-corrected chi connectivity index (χ2v) is 6.91. The monoisotopic (exact) mass is 272 g/mol. The number of nitrogens with zero attached hydrogens (tertiary/aromatic N) is 1. The van der Waals surface area contributed by atoms with Gasteiger partial charge in [-0.1, -0.05) is 0 Å². The zero-order valence-electron chi connectivity index (χ0n) is 12.2. The Morgan fingerprint density at radius 1 is 1.37 bits per heavy atom. The standard InChI is InChI=1S/C14H25FN2O2/c1-13(2,3)19-12(18)17-9-11(15)8-14(10-17)4-6-16-7-5-14/h11,16H,4-10H2,1-3H3. The van der Waals surface area contributed by atoms with Crippen LogP contribution in [0.25, 0.3) is 0 Å². The van der Waals surface area contributed by atoms with E-state index in [0.29, 0.717) is 13.0 Å². The van der Waals surface area contributed by atoms with E-state index in [1.165, 1.54) is 0 Å². The van der Waals surface area contributed by atoms with E-state index < -0.39 is 11.8 Å². The Morgan fingerprint density at radius 3 is 2.58 bits per heavy atom. The average molecular weight is 272 g/mol. The van der Waals surface area contributed by atoms with Crippen molar-refractivity contribution in [2.45, 2.75) is 51.8 Å². The average Bonchev–Trinajstić information content (AvgIpc) is 2.26. The number of rotatable bonds is 0. The molecule has 5 heteroatoms. The van der Waals surface area contributed by atoms with E-state index in [9.17, 15) is 9.18 Å². The number of nitrogens with one attached hydrogen (secondary N) is 1. The fourth-order valence-corrected chi connectivity index (χ4v) is 3.09. The number of likely N-dealkylation sites (tertiary alicyclic amines) is 1. The van der Waals surface area contributed by atoms with E-state index in [0.717, 1.165) is 25.9 Å². The number of amides is 1. The summed E-state index contributed by atoms with van der Waals surface area (Å²) in [7, 11) is 0. The molecule has 19 heavy (non-hydrogen) atoms. The third-order valence-electron chi connectivity index (χ3n) is 3.92. The smallest absolute Gasteiger partial charge is 0.410 e. The summed E-state index contributed by atoms with van der Waals surface area (Å²) in [5, 5.41) is 3.30. The van der Waals surface area contributed by atoms with Crippen LogP contribution in [0.4, 0.5) is 9.18 Å². The molecule has 0 saturated carbocycles. The molecular formula is C14H25FN2O2. The molecule has 1 unspecified atom stereocenters. The van der Waals surface area contributed by atoms with Gasteiger partial charge >= 0.3 is 6.09 Å². The van der Waals surface area contributed by atoms with Crippen LogP contribution in [0.3, 0.4) is 0 Å². The van der Waals surface area contributed by atoms with Gasteiger partial charge in [0.05, 0.1) is 6.54 Å². The Hall–Kier alpha value is -0.840. The Labute approximate surface area is 114 Å². The first-order valence-electron chi connectivity index (χ1n) is 7.12. The largest absolute Gasteiger partial charge is 0.444 e. The summed E-state index contributed by atoms with van der Waals surface area (Å²) in [6.07, 6.45) is 1.14. The van der Waals surface area contributed by atoms with Crippen LogP contribution >= 0.6 is 0 Å². The fraction of sp³-hybridized carbons (Fsp3) is 0.929. The summed E-state index contributed by atoms with van der Waals surface area (Å²) in [6.45, 7) is 8.13. The summed E-state index contributed by atoms with van der Waals surface area (Å²) in [6, 6.07) is 0. The van der Waals surface area contributed by atoms with Gasteiger partial charge in [-0.25, -0.2) is 9.18 Å². The molecule has 0 aliphatic carbocycles. The number of piperidine rings is 2. The highest BCUT2D eigenvalue weighted by Gasteiger charge is 2.43. The molecule has 0 radical (unpaired) electrons. The van der Waals surface area contributed by atoms with Crippen LogP contribution < -0.4 is 5.32 Å². The number of halogens is 1. The van der Waals surface area contributed by atoms with Crippen molar-refractivity contribution in [3.8, 4) is 0 Å². The lowest BCUT2D eigenvalue weighted by Crippen LogP contribution is -2.54. The zero-order valence-corrected chi connectivity index (χ0v) is 12.2. The van der Waals surface area contributed by atoms with E-state index in [-0.39, 0.29) is 18.1 Å². The number of carbonyl (C=O) groups is 1. The van der Waals surface area contributed by atoms with Gasteiger partial charge in [-0.2, -0.15) is 0 Å². The Morgan fingerprint density at radius 2 is 2.00 bits per heavy atom. The van der Waals surface area contributed by atoms with Crippen LogP contribution in [0.15, 0.2) is 0 Å². The third-order valence-corrected chi connectivity index (χ3v) is 3.92. The molecule has 1 atom stereocenters. The van der Waals surface area contributed by atoms with Crippen molar-refractivity contribution in [1.29, 1.82) is 0 Å². The van der Waals surface area contributed by atoms with Crippen molar-refractivity contribution < 1.29 is 13.9 Å². The van der Waals surface area contributed by atoms with E-state index in [1.54, 1.807) is 4.90 Å². The maximum Gasteiger partial charge on any atom is 0.410 e. The SMILES string of the molecule is CC(C)(C)OC(=O)N1CC(F)CC2(CCNCC2)C1. The molecular weight excluding hydrogens is 247 g/mol. The van der Waals surface area contributed by atoms with Crippen molar-refractivity contribution in [2.75, 3.05) is 26.2 Å². The molecule has 4 nitrogen and oxygen atoms in total. The van der Waals surface area contributed by atoms with Crippen molar-refractivity contribution in [2.24, 2.45) is 5.41 Å².